The minimum Gasteiger partial charge on any atom is -0.497 e. The molecule has 8 heteroatoms. The lowest BCUT2D eigenvalue weighted by Gasteiger charge is -2.07. The Morgan fingerprint density at radius 2 is 1.88 bits per heavy atom. The first-order valence-corrected chi connectivity index (χ1v) is 7.96. The number of methoxy groups -OCH3 is 1. The maximum absolute atomic E-state index is 12.5. The Labute approximate surface area is 144 Å². The van der Waals surface area contributed by atoms with Crippen molar-refractivity contribution in [1.82, 2.24) is 4.98 Å². The zero-order valence-corrected chi connectivity index (χ0v) is 13.8. The molecule has 0 spiro atoms. The number of esters is 1. The number of hydrogen-bond donors (Lipinski definition) is 0. The number of hydrogen-bond acceptors (Lipinski definition) is 5. The number of thiazole rings is 1. The van der Waals surface area contributed by atoms with Crippen LogP contribution in [0, 0.1) is 0 Å². The molecule has 0 saturated heterocycles. The third kappa shape index (κ3) is 3.90. The summed E-state index contributed by atoms with van der Waals surface area (Å²) in [6.45, 7) is -0.129. The Morgan fingerprint density at radius 1 is 1.16 bits per heavy atom. The van der Waals surface area contributed by atoms with Crippen LogP contribution in [0.2, 0.25) is 0 Å². The number of halogens is 3. The van der Waals surface area contributed by atoms with Crippen molar-refractivity contribution in [3.63, 3.8) is 0 Å². The highest BCUT2D eigenvalue weighted by molar-refractivity contribution is 7.20. The molecule has 0 aliphatic carbocycles. The Kier molecular flexibility index (Phi) is 4.63. The van der Waals surface area contributed by atoms with Gasteiger partial charge in [0.25, 0.3) is 0 Å². The smallest absolute Gasteiger partial charge is 0.416 e. The summed E-state index contributed by atoms with van der Waals surface area (Å²) in [6, 6.07) is 9.69. The number of alkyl halides is 3. The van der Waals surface area contributed by atoms with Crippen molar-refractivity contribution in [2.75, 3.05) is 7.11 Å². The number of nitrogens with zero attached hydrogens (tertiary/aromatic N) is 1. The van der Waals surface area contributed by atoms with E-state index in [0.717, 1.165) is 28.2 Å². The third-order valence-electron chi connectivity index (χ3n) is 3.42. The van der Waals surface area contributed by atoms with Gasteiger partial charge in [0, 0.05) is 0 Å². The molecule has 0 atom stereocenters. The number of benzene rings is 2. The van der Waals surface area contributed by atoms with Crippen LogP contribution in [0.25, 0.3) is 10.2 Å². The minimum absolute atomic E-state index is 0.129. The topological polar surface area (TPSA) is 48.4 Å². The average Bonchev–Trinajstić information content (AvgIpc) is 3.02. The van der Waals surface area contributed by atoms with E-state index in [1.807, 2.05) is 0 Å². The van der Waals surface area contributed by atoms with Gasteiger partial charge >= 0.3 is 12.1 Å². The molecule has 130 valence electrons. The van der Waals surface area contributed by atoms with Crippen LogP contribution in [-0.4, -0.2) is 18.1 Å². The summed E-state index contributed by atoms with van der Waals surface area (Å²) < 4.78 is 48.5. The Hall–Kier alpha value is -2.61. The molecule has 0 saturated carbocycles. The molecule has 3 rings (SSSR count). The van der Waals surface area contributed by atoms with E-state index in [1.54, 1.807) is 25.3 Å². The minimum atomic E-state index is -4.39. The first kappa shape index (κ1) is 17.2. The van der Waals surface area contributed by atoms with Crippen LogP contribution in [0.5, 0.6) is 5.75 Å². The van der Waals surface area contributed by atoms with Crippen molar-refractivity contribution < 1.29 is 27.4 Å². The highest BCUT2D eigenvalue weighted by atomic mass is 32.1. The summed E-state index contributed by atoms with van der Waals surface area (Å²) in [6.07, 6.45) is -4.39. The van der Waals surface area contributed by atoms with Gasteiger partial charge in [0.05, 0.1) is 22.9 Å². The van der Waals surface area contributed by atoms with Crippen molar-refractivity contribution >= 4 is 27.5 Å². The molecule has 1 aromatic heterocycles. The van der Waals surface area contributed by atoms with E-state index >= 15 is 0 Å². The molecule has 0 bridgehead atoms. The zero-order chi connectivity index (χ0) is 18.0. The van der Waals surface area contributed by atoms with Crippen LogP contribution in [0.1, 0.15) is 20.9 Å². The lowest BCUT2D eigenvalue weighted by molar-refractivity contribution is -0.137. The highest BCUT2D eigenvalue weighted by Crippen LogP contribution is 2.29. The summed E-state index contributed by atoms with van der Waals surface area (Å²) in [5.41, 5.74) is 0.360. The standard InChI is InChI=1S/C17H12F3NO3S/c1-23-12-6-7-13-14(8-12)25-15(21-13)16(22)24-9-10-2-4-11(5-3-10)17(18,19)20/h2-8H,9H2,1H3. The van der Waals surface area contributed by atoms with E-state index in [9.17, 15) is 18.0 Å². The fourth-order valence-corrected chi connectivity index (χ4v) is 3.01. The maximum Gasteiger partial charge on any atom is 0.416 e. The molecule has 3 aromatic rings. The van der Waals surface area contributed by atoms with Crippen molar-refractivity contribution in [2.24, 2.45) is 0 Å². The Balaban J connectivity index is 1.68. The molecule has 0 radical (unpaired) electrons. The first-order chi connectivity index (χ1) is 11.9. The van der Waals surface area contributed by atoms with Crippen molar-refractivity contribution in [2.45, 2.75) is 12.8 Å². The van der Waals surface area contributed by atoms with E-state index in [1.165, 1.54) is 12.1 Å². The third-order valence-corrected chi connectivity index (χ3v) is 4.42. The summed E-state index contributed by atoms with van der Waals surface area (Å²) >= 11 is 1.16. The first-order valence-electron chi connectivity index (χ1n) is 7.14. The number of aromatic nitrogens is 1. The number of carbonyl (C=O) groups is 1. The van der Waals surface area contributed by atoms with Gasteiger partial charge in [-0.3, -0.25) is 0 Å². The number of carbonyl (C=O) groups excluding carboxylic acids is 1. The van der Waals surface area contributed by atoms with E-state index < -0.39 is 17.7 Å². The molecule has 25 heavy (non-hydrogen) atoms. The summed E-state index contributed by atoms with van der Waals surface area (Å²) in [7, 11) is 1.54. The second kappa shape index (κ2) is 6.72. The SMILES string of the molecule is COc1ccc2nc(C(=O)OCc3ccc(C(F)(F)F)cc3)sc2c1. The summed E-state index contributed by atoms with van der Waals surface area (Å²) in [4.78, 5) is 16.3. The van der Waals surface area contributed by atoms with Gasteiger partial charge in [0.1, 0.15) is 12.4 Å². The van der Waals surface area contributed by atoms with E-state index in [-0.39, 0.29) is 11.6 Å². The predicted molar refractivity (Wildman–Crippen MR) is 86.7 cm³/mol. The lowest BCUT2D eigenvalue weighted by atomic mass is 10.1. The van der Waals surface area contributed by atoms with Gasteiger partial charge in [0.15, 0.2) is 0 Å². The molecule has 0 aliphatic rings. The van der Waals surface area contributed by atoms with Gasteiger partial charge in [0.2, 0.25) is 5.01 Å². The molecular formula is C17H12F3NO3S. The molecule has 0 aliphatic heterocycles. The molecule has 1 heterocycles. The number of ether oxygens (including phenoxy) is 2. The fourth-order valence-electron chi connectivity index (χ4n) is 2.12. The van der Waals surface area contributed by atoms with E-state index in [0.29, 0.717) is 16.8 Å². The quantitative estimate of drug-likeness (QED) is 0.628. The second-order valence-corrected chi connectivity index (χ2v) is 6.15. The van der Waals surface area contributed by atoms with Crippen LogP contribution >= 0.6 is 11.3 Å². The molecule has 0 amide bonds. The van der Waals surface area contributed by atoms with Crippen molar-refractivity contribution in [3.05, 3.63) is 58.6 Å². The largest absolute Gasteiger partial charge is 0.497 e. The Bertz CT molecular complexity index is 904. The lowest BCUT2D eigenvalue weighted by Crippen LogP contribution is -2.06. The summed E-state index contributed by atoms with van der Waals surface area (Å²) in [5.74, 6) is 0.0286. The number of rotatable bonds is 4. The molecule has 2 aromatic carbocycles. The molecule has 0 fully saturated rings. The summed E-state index contributed by atoms with van der Waals surface area (Å²) in [5, 5.41) is 0.176. The van der Waals surface area contributed by atoms with Gasteiger partial charge in [-0.25, -0.2) is 9.78 Å². The van der Waals surface area contributed by atoms with E-state index in [2.05, 4.69) is 4.98 Å². The second-order valence-electron chi connectivity index (χ2n) is 5.12. The molecular weight excluding hydrogens is 355 g/mol. The van der Waals surface area contributed by atoms with Crippen LogP contribution in [0.4, 0.5) is 13.2 Å². The predicted octanol–water partition coefficient (Wildman–Crippen LogP) is 4.68. The van der Waals surface area contributed by atoms with Crippen molar-refractivity contribution in [3.8, 4) is 5.75 Å². The average molecular weight is 367 g/mol. The van der Waals surface area contributed by atoms with E-state index in [4.69, 9.17) is 9.47 Å². The normalized spacial score (nSPS) is 11.5. The molecule has 0 N–H and O–H groups in total. The maximum atomic E-state index is 12.5. The van der Waals surface area contributed by atoms with Gasteiger partial charge in [-0.1, -0.05) is 12.1 Å². The highest BCUT2D eigenvalue weighted by Gasteiger charge is 2.29. The Morgan fingerprint density at radius 3 is 2.52 bits per heavy atom. The van der Waals surface area contributed by atoms with Crippen LogP contribution < -0.4 is 4.74 Å². The van der Waals surface area contributed by atoms with Crippen molar-refractivity contribution in [1.29, 1.82) is 0 Å². The van der Waals surface area contributed by atoms with Crippen LogP contribution in [0.3, 0.4) is 0 Å². The fraction of sp³-hybridized carbons (Fsp3) is 0.176. The van der Waals surface area contributed by atoms with Gasteiger partial charge in [-0.15, -0.1) is 11.3 Å². The molecule has 0 unspecified atom stereocenters. The van der Waals surface area contributed by atoms with Crippen LogP contribution in [-0.2, 0) is 17.5 Å². The molecule has 4 nitrogen and oxygen atoms in total. The number of fused-ring (bicyclic) bond motifs is 1. The van der Waals surface area contributed by atoms with Gasteiger partial charge in [-0.2, -0.15) is 13.2 Å². The van der Waals surface area contributed by atoms with Gasteiger partial charge < -0.3 is 9.47 Å². The monoisotopic (exact) mass is 367 g/mol. The zero-order valence-electron chi connectivity index (χ0n) is 13.0. The van der Waals surface area contributed by atoms with Crippen LogP contribution in [0.15, 0.2) is 42.5 Å². The van der Waals surface area contributed by atoms with Gasteiger partial charge in [-0.05, 0) is 35.9 Å².